The Morgan fingerprint density at radius 3 is 2.67 bits per heavy atom. The van der Waals surface area contributed by atoms with Crippen LogP contribution in [0.25, 0.3) is 0 Å². The summed E-state index contributed by atoms with van der Waals surface area (Å²) in [6.45, 7) is 0.173. The van der Waals surface area contributed by atoms with Crippen molar-refractivity contribution in [2.24, 2.45) is 0 Å². The van der Waals surface area contributed by atoms with E-state index in [1.165, 1.54) is 29.0 Å². The molecule has 0 aliphatic carbocycles. The van der Waals surface area contributed by atoms with Gasteiger partial charge < -0.3 is 9.67 Å². The Hall–Kier alpha value is -2.35. The van der Waals surface area contributed by atoms with Crippen molar-refractivity contribution in [1.29, 1.82) is 0 Å². The summed E-state index contributed by atoms with van der Waals surface area (Å²) in [7, 11) is 0. The van der Waals surface area contributed by atoms with E-state index in [4.69, 9.17) is 5.11 Å². The number of aromatic nitrogens is 1. The summed E-state index contributed by atoms with van der Waals surface area (Å²) in [5.41, 5.74) is 0.219. The van der Waals surface area contributed by atoms with Crippen molar-refractivity contribution in [3.05, 3.63) is 64.0 Å². The average Bonchev–Trinajstić information content (AvgIpc) is 2.85. The predicted molar refractivity (Wildman–Crippen MR) is 67.6 cm³/mol. The van der Waals surface area contributed by atoms with Crippen LogP contribution in [0.2, 0.25) is 0 Å². The van der Waals surface area contributed by atoms with Gasteiger partial charge in [-0.25, -0.2) is 0 Å². The van der Waals surface area contributed by atoms with Crippen LogP contribution >= 0.6 is 0 Å². The number of benzene rings is 1. The van der Waals surface area contributed by atoms with E-state index in [-0.39, 0.29) is 17.8 Å². The fraction of sp³-hybridized carbons (Fsp3) is 0.231. The maximum absolute atomic E-state index is 12.4. The van der Waals surface area contributed by atoms with E-state index < -0.39 is 17.2 Å². The third-order valence-corrected chi connectivity index (χ3v) is 2.89. The van der Waals surface area contributed by atoms with Gasteiger partial charge in [0.2, 0.25) is 0 Å². The van der Waals surface area contributed by atoms with Gasteiger partial charge in [-0.2, -0.15) is 13.2 Å². The standard InChI is InChI=1S/C13H11F3N2O3/c14-13(15,16)12(19)10-4-5-17(8-10)7-9-2-1-3-11(6-9)18(20)21/h1-6,8,12,19H,7H2. The molecule has 1 aromatic carbocycles. The lowest BCUT2D eigenvalue weighted by Crippen LogP contribution is -2.19. The number of non-ortho nitro benzene ring substituents is 1. The minimum atomic E-state index is -4.72. The molecule has 2 rings (SSSR count). The van der Waals surface area contributed by atoms with E-state index in [1.807, 2.05) is 0 Å². The number of alkyl halides is 3. The number of hydrogen-bond donors (Lipinski definition) is 1. The quantitative estimate of drug-likeness (QED) is 0.697. The molecule has 2 aromatic rings. The molecule has 0 radical (unpaired) electrons. The summed E-state index contributed by atoms with van der Waals surface area (Å²) in [5.74, 6) is 0. The normalized spacial score (nSPS) is 13.1. The first-order valence-corrected chi connectivity index (χ1v) is 5.91. The molecular weight excluding hydrogens is 289 g/mol. The number of nitro groups is 1. The second-order valence-corrected chi connectivity index (χ2v) is 4.49. The monoisotopic (exact) mass is 300 g/mol. The molecule has 1 heterocycles. The van der Waals surface area contributed by atoms with Crippen molar-refractivity contribution in [2.45, 2.75) is 18.8 Å². The maximum atomic E-state index is 12.4. The molecule has 0 bridgehead atoms. The van der Waals surface area contributed by atoms with E-state index in [9.17, 15) is 23.3 Å². The number of nitro benzene ring substituents is 1. The topological polar surface area (TPSA) is 68.3 Å². The van der Waals surface area contributed by atoms with Crippen molar-refractivity contribution in [1.82, 2.24) is 4.57 Å². The van der Waals surface area contributed by atoms with Crippen LogP contribution in [0.5, 0.6) is 0 Å². The highest BCUT2D eigenvalue weighted by atomic mass is 19.4. The SMILES string of the molecule is O=[N+]([O-])c1cccc(Cn2ccc(C(O)C(F)(F)F)c2)c1. The van der Waals surface area contributed by atoms with Crippen molar-refractivity contribution in [3.63, 3.8) is 0 Å². The van der Waals surface area contributed by atoms with Gasteiger partial charge in [0.15, 0.2) is 6.10 Å². The summed E-state index contributed by atoms with van der Waals surface area (Å²) in [5, 5.41) is 19.8. The number of halogens is 3. The first-order chi connectivity index (χ1) is 9.77. The lowest BCUT2D eigenvalue weighted by atomic mass is 10.2. The van der Waals surface area contributed by atoms with E-state index in [1.54, 1.807) is 6.07 Å². The van der Waals surface area contributed by atoms with Crippen LogP contribution in [-0.4, -0.2) is 20.8 Å². The molecule has 0 amide bonds. The zero-order chi connectivity index (χ0) is 15.6. The summed E-state index contributed by atoms with van der Waals surface area (Å²) >= 11 is 0. The van der Waals surface area contributed by atoms with Crippen molar-refractivity contribution in [3.8, 4) is 0 Å². The smallest absolute Gasteiger partial charge is 0.379 e. The molecule has 5 nitrogen and oxygen atoms in total. The lowest BCUT2D eigenvalue weighted by molar-refractivity contribution is -0.384. The number of nitrogens with zero attached hydrogens (tertiary/aromatic N) is 2. The Morgan fingerprint density at radius 2 is 2.05 bits per heavy atom. The van der Waals surface area contributed by atoms with Crippen LogP contribution in [0.15, 0.2) is 42.7 Å². The van der Waals surface area contributed by atoms with E-state index in [0.717, 1.165) is 12.3 Å². The minimum Gasteiger partial charge on any atom is -0.379 e. The van der Waals surface area contributed by atoms with Crippen LogP contribution in [0.1, 0.15) is 17.2 Å². The second kappa shape index (κ2) is 5.57. The van der Waals surface area contributed by atoms with E-state index in [0.29, 0.717) is 5.56 Å². The highest BCUT2D eigenvalue weighted by Crippen LogP contribution is 2.32. The molecule has 0 aliphatic rings. The molecule has 0 aliphatic heterocycles. The number of hydrogen-bond acceptors (Lipinski definition) is 3. The van der Waals surface area contributed by atoms with Gasteiger partial charge in [-0.1, -0.05) is 12.1 Å². The van der Waals surface area contributed by atoms with Gasteiger partial charge in [0, 0.05) is 36.6 Å². The van der Waals surface area contributed by atoms with Gasteiger partial charge >= 0.3 is 6.18 Å². The summed E-state index contributed by atoms with van der Waals surface area (Å²) in [4.78, 5) is 10.1. The molecule has 0 fully saturated rings. The number of aliphatic hydroxyl groups is 1. The summed E-state index contributed by atoms with van der Waals surface area (Å²) < 4.78 is 38.6. The number of aliphatic hydroxyl groups excluding tert-OH is 1. The fourth-order valence-corrected chi connectivity index (χ4v) is 1.89. The Labute approximate surface area is 117 Å². The Bertz CT molecular complexity index is 652. The van der Waals surface area contributed by atoms with Crippen molar-refractivity contribution in [2.75, 3.05) is 0 Å². The zero-order valence-electron chi connectivity index (χ0n) is 10.6. The molecular formula is C13H11F3N2O3. The van der Waals surface area contributed by atoms with Crippen LogP contribution in [0.3, 0.4) is 0 Å². The van der Waals surface area contributed by atoms with Crippen LogP contribution in [0, 0.1) is 10.1 Å². The highest BCUT2D eigenvalue weighted by molar-refractivity contribution is 5.34. The van der Waals surface area contributed by atoms with Gasteiger partial charge in [0.05, 0.1) is 4.92 Å². The molecule has 0 saturated heterocycles. The van der Waals surface area contributed by atoms with Crippen LogP contribution < -0.4 is 0 Å². The zero-order valence-corrected chi connectivity index (χ0v) is 10.6. The van der Waals surface area contributed by atoms with Gasteiger partial charge in [0.1, 0.15) is 0 Å². The largest absolute Gasteiger partial charge is 0.418 e. The van der Waals surface area contributed by atoms with E-state index >= 15 is 0 Å². The highest BCUT2D eigenvalue weighted by Gasteiger charge is 2.39. The number of rotatable bonds is 4. The fourth-order valence-electron chi connectivity index (χ4n) is 1.89. The van der Waals surface area contributed by atoms with Crippen molar-refractivity contribution >= 4 is 5.69 Å². The Kier molecular flexibility index (Phi) is 3.99. The van der Waals surface area contributed by atoms with Gasteiger partial charge in [-0.15, -0.1) is 0 Å². The first-order valence-electron chi connectivity index (χ1n) is 5.91. The minimum absolute atomic E-state index is 0.0878. The van der Waals surface area contributed by atoms with Crippen LogP contribution in [0.4, 0.5) is 18.9 Å². The summed E-state index contributed by atoms with van der Waals surface area (Å²) in [6.07, 6.45) is -4.72. The van der Waals surface area contributed by atoms with Gasteiger partial charge in [-0.3, -0.25) is 10.1 Å². The van der Waals surface area contributed by atoms with Gasteiger partial charge in [-0.05, 0) is 11.6 Å². The molecule has 1 unspecified atom stereocenters. The first kappa shape index (κ1) is 15.0. The Balaban J connectivity index is 2.16. The second-order valence-electron chi connectivity index (χ2n) is 4.49. The molecule has 0 spiro atoms. The molecule has 1 atom stereocenters. The maximum Gasteiger partial charge on any atom is 0.418 e. The van der Waals surface area contributed by atoms with E-state index in [2.05, 4.69) is 0 Å². The average molecular weight is 300 g/mol. The molecule has 0 saturated carbocycles. The molecule has 21 heavy (non-hydrogen) atoms. The molecule has 1 N–H and O–H groups in total. The molecule has 8 heteroatoms. The van der Waals surface area contributed by atoms with Crippen molar-refractivity contribution < 1.29 is 23.2 Å². The summed E-state index contributed by atoms with van der Waals surface area (Å²) in [6, 6.07) is 6.97. The molecule has 1 aromatic heterocycles. The van der Waals surface area contributed by atoms with Gasteiger partial charge in [0.25, 0.3) is 5.69 Å². The molecule has 112 valence electrons. The lowest BCUT2D eigenvalue weighted by Gasteiger charge is -2.12. The third-order valence-electron chi connectivity index (χ3n) is 2.89. The predicted octanol–water partition coefficient (Wildman–Crippen LogP) is 3.04. The Morgan fingerprint density at radius 1 is 1.33 bits per heavy atom. The third kappa shape index (κ3) is 3.60. The van der Waals surface area contributed by atoms with Crippen LogP contribution in [-0.2, 0) is 6.54 Å².